The summed E-state index contributed by atoms with van der Waals surface area (Å²) in [6.07, 6.45) is 0. The normalized spacial score (nSPS) is 11.6. The highest BCUT2D eigenvalue weighted by Crippen LogP contribution is 2.12. The monoisotopic (exact) mass is 264 g/mol. The van der Waals surface area contributed by atoms with E-state index in [1.54, 1.807) is 0 Å². The molecule has 98 valence electrons. The second-order valence-corrected chi connectivity index (χ2v) is 4.82. The maximum absolute atomic E-state index is 5.37. The molecule has 0 atom stereocenters. The number of rotatable bonds is 5. The summed E-state index contributed by atoms with van der Waals surface area (Å²) in [5, 5.41) is 0. The number of aromatic nitrogens is 3. The summed E-state index contributed by atoms with van der Waals surface area (Å²) in [5.41, 5.74) is 3.00. The molecule has 1 N–H and O–H groups in total. The first-order chi connectivity index (χ1) is 8.65. The van der Waals surface area contributed by atoms with Gasteiger partial charge in [-0.05, 0) is 44.4 Å². The summed E-state index contributed by atoms with van der Waals surface area (Å²) in [5.74, 6) is 0. The fraction of sp³-hybridized carbons (Fsp3) is 0.538. The summed E-state index contributed by atoms with van der Waals surface area (Å²) in [4.78, 5) is 10.2. The van der Waals surface area contributed by atoms with Crippen LogP contribution in [0.25, 0.3) is 11.2 Å². The molecule has 5 heteroatoms. The molecule has 0 aliphatic rings. The van der Waals surface area contributed by atoms with Gasteiger partial charge in [0, 0.05) is 18.8 Å². The van der Waals surface area contributed by atoms with Gasteiger partial charge in [0.2, 0.25) is 0 Å². The Morgan fingerprint density at radius 1 is 1.33 bits per heavy atom. The van der Waals surface area contributed by atoms with E-state index in [1.165, 1.54) is 0 Å². The lowest BCUT2D eigenvalue weighted by Gasteiger charge is -2.18. The van der Waals surface area contributed by atoms with Crippen molar-refractivity contribution in [2.75, 3.05) is 19.6 Å². The highest BCUT2D eigenvalue weighted by molar-refractivity contribution is 7.71. The topological polar surface area (TPSA) is 36.9 Å². The van der Waals surface area contributed by atoms with Crippen molar-refractivity contribution in [3.8, 4) is 0 Å². The number of H-pyrrole nitrogens is 1. The van der Waals surface area contributed by atoms with Crippen LogP contribution in [0.1, 0.15) is 19.5 Å². The van der Waals surface area contributed by atoms with Gasteiger partial charge in [-0.25, -0.2) is 4.98 Å². The number of hydrogen-bond acceptors (Lipinski definition) is 3. The summed E-state index contributed by atoms with van der Waals surface area (Å²) < 4.78 is 2.85. The zero-order valence-corrected chi connectivity index (χ0v) is 12.0. The molecular formula is C13H20N4S. The fourth-order valence-electron chi connectivity index (χ4n) is 2.11. The van der Waals surface area contributed by atoms with Gasteiger partial charge < -0.3 is 14.5 Å². The zero-order chi connectivity index (χ0) is 13.1. The lowest BCUT2D eigenvalue weighted by molar-refractivity contribution is 0.291. The molecule has 0 saturated heterocycles. The van der Waals surface area contributed by atoms with Crippen molar-refractivity contribution in [3.63, 3.8) is 0 Å². The molecule has 0 saturated carbocycles. The van der Waals surface area contributed by atoms with E-state index >= 15 is 0 Å². The van der Waals surface area contributed by atoms with Crippen LogP contribution >= 0.6 is 12.2 Å². The van der Waals surface area contributed by atoms with Crippen LogP contribution in [0.5, 0.6) is 0 Å². The Hall–Kier alpha value is -1.20. The molecule has 2 heterocycles. The van der Waals surface area contributed by atoms with Gasteiger partial charge in [0.1, 0.15) is 0 Å². The lowest BCUT2D eigenvalue weighted by Crippen LogP contribution is -2.27. The van der Waals surface area contributed by atoms with Gasteiger partial charge in [-0.2, -0.15) is 0 Å². The van der Waals surface area contributed by atoms with Crippen molar-refractivity contribution in [3.05, 3.63) is 22.6 Å². The summed E-state index contributed by atoms with van der Waals surface area (Å²) in [6, 6.07) is 4.05. The minimum Gasteiger partial charge on any atom is -0.329 e. The van der Waals surface area contributed by atoms with Crippen LogP contribution in [0.4, 0.5) is 0 Å². The molecule has 2 rings (SSSR count). The standard InChI is InChI=1S/C13H20N4S/c1-4-16(5-2)8-9-17-12-11(15-13(17)18)7-6-10(3)14-12/h6-7H,4-5,8-9H2,1-3H3,(H,15,18). The number of nitrogens with one attached hydrogen (secondary N) is 1. The molecule has 0 bridgehead atoms. The van der Waals surface area contributed by atoms with Gasteiger partial charge in [0.25, 0.3) is 0 Å². The Labute approximate surface area is 113 Å². The largest absolute Gasteiger partial charge is 0.329 e. The van der Waals surface area contributed by atoms with E-state index in [-0.39, 0.29) is 0 Å². The SMILES string of the molecule is CCN(CC)CCn1c(=S)[nH]c2ccc(C)nc21. The van der Waals surface area contributed by atoms with Crippen molar-refractivity contribution in [2.45, 2.75) is 27.3 Å². The van der Waals surface area contributed by atoms with Crippen LogP contribution in [-0.2, 0) is 6.54 Å². The molecule has 0 amide bonds. The molecule has 4 nitrogen and oxygen atoms in total. The Bertz CT molecular complexity index is 580. The van der Waals surface area contributed by atoms with Gasteiger partial charge in [0.05, 0.1) is 5.52 Å². The number of aryl methyl sites for hydroxylation is 1. The maximum Gasteiger partial charge on any atom is 0.179 e. The molecule has 2 aromatic rings. The third-order valence-electron chi connectivity index (χ3n) is 3.29. The predicted octanol–water partition coefficient (Wildman–Crippen LogP) is 2.74. The minimum atomic E-state index is 0.759. The van der Waals surface area contributed by atoms with E-state index in [4.69, 9.17) is 12.2 Å². The second-order valence-electron chi connectivity index (χ2n) is 4.43. The maximum atomic E-state index is 5.37. The molecule has 2 aromatic heterocycles. The number of hydrogen-bond donors (Lipinski definition) is 1. The molecule has 0 aliphatic carbocycles. The van der Waals surface area contributed by atoms with Crippen molar-refractivity contribution in [2.24, 2.45) is 0 Å². The Kier molecular flexibility index (Phi) is 4.14. The molecule has 18 heavy (non-hydrogen) atoms. The van der Waals surface area contributed by atoms with E-state index in [0.29, 0.717) is 0 Å². The van der Waals surface area contributed by atoms with Crippen molar-refractivity contribution < 1.29 is 0 Å². The third kappa shape index (κ3) is 2.62. The number of likely N-dealkylation sites (N-methyl/N-ethyl adjacent to an activating group) is 1. The number of imidazole rings is 1. The van der Waals surface area contributed by atoms with Crippen molar-refractivity contribution in [1.29, 1.82) is 0 Å². The molecule has 0 aromatic carbocycles. The molecule has 0 aliphatic heterocycles. The van der Waals surface area contributed by atoms with E-state index < -0.39 is 0 Å². The number of pyridine rings is 1. The van der Waals surface area contributed by atoms with E-state index in [1.807, 2.05) is 19.1 Å². The number of aromatic amines is 1. The van der Waals surface area contributed by atoms with Crippen LogP contribution in [0, 0.1) is 11.7 Å². The highest BCUT2D eigenvalue weighted by atomic mass is 32.1. The first kappa shape index (κ1) is 13.2. The van der Waals surface area contributed by atoms with Crippen LogP contribution in [0.2, 0.25) is 0 Å². The van der Waals surface area contributed by atoms with Gasteiger partial charge in [-0.3, -0.25) is 0 Å². The lowest BCUT2D eigenvalue weighted by atomic mass is 10.3. The summed E-state index contributed by atoms with van der Waals surface area (Å²) in [6.45, 7) is 10.4. The minimum absolute atomic E-state index is 0.759. The molecular weight excluding hydrogens is 244 g/mol. The van der Waals surface area contributed by atoms with E-state index in [9.17, 15) is 0 Å². The molecule has 0 radical (unpaired) electrons. The fourth-order valence-corrected chi connectivity index (χ4v) is 2.40. The quantitative estimate of drug-likeness (QED) is 0.844. The zero-order valence-electron chi connectivity index (χ0n) is 11.2. The average molecular weight is 264 g/mol. The van der Waals surface area contributed by atoms with Crippen LogP contribution in [0.3, 0.4) is 0 Å². The van der Waals surface area contributed by atoms with Crippen LogP contribution in [0.15, 0.2) is 12.1 Å². The molecule has 0 spiro atoms. The highest BCUT2D eigenvalue weighted by Gasteiger charge is 2.07. The smallest absolute Gasteiger partial charge is 0.179 e. The van der Waals surface area contributed by atoms with Gasteiger partial charge in [0.15, 0.2) is 10.4 Å². The number of fused-ring (bicyclic) bond motifs is 1. The van der Waals surface area contributed by atoms with Gasteiger partial charge >= 0.3 is 0 Å². The van der Waals surface area contributed by atoms with Crippen LogP contribution in [-0.4, -0.2) is 39.1 Å². The van der Waals surface area contributed by atoms with Crippen LogP contribution < -0.4 is 0 Å². The Morgan fingerprint density at radius 2 is 2.06 bits per heavy atom. The summed E-state index contributed by atoms with van der Waals surface area (Å²) >= 11 is 5.37. The van der Waals surface area contributed by atoms with Crippen molar-refractivity contribution in [1.82, 2.24) is 19.4 Å². The van der Waals surface area contributed by atoms with E-state index in [0.717, 1.165) is 47.8 Å². The first-order valence-electron chi connectivity index (χ1n) is 6.44. The predicted molar refractivity (Wildman–Crippen MR) is 77.4 cm³/mol. The average Bonchev–Trinajstić information content (AvgIpc) is 2.66. The van der Waals surface area contributed by atoms with Crippen molar-refractivity contribution >= 4 is 23.4 Å². The molecule has 0 unspecified atom stereocenters. The first-order valence-corrected chi connectivity index (χ1v) is 6.85. The summed E-state index contributed by atoms with van der Waals surface area (Å²) in [7, 11) is 0. The van der Waals surface area contributed by atoms with E-state index in [2.05, 4.69) is 33.3 Å². The van der Waals surface area contributed by atoms with Gasteiger partial charge in [-0.1, -0.05) is 13.8 Å². The Morgan fingerprint density at radius 3 is 2.72 bits per heavy atom. The van der Waals surface area contributed by atoms with Gasteiger partial charge in [-0.15, -0.1) is 0 Å². The third-order valence-corrected chi connectivity index (χ3v) is 3.61. The number of nitrogens with zero attached hydrogens (tertiary/aromatic N) is 3. The second kappa shape index (κ2) is 5.63. The molecule has 0 fully saturated rings. The Balaban J connectivity index is 2.29.